The topological polar surface area (TPSA) is 70.7 Å². The van der Waals surface area contributed by atoms with Crippen molar-refractivity contribution in [3.05, 3.63) is 89.7 Å². The van der Waals surface area contributed by atoms with E-state index in [-0.39, 0.29) is 11.6 Å². The molecule has 0 fully saturated rings. The molecule has 0 aliphatic heterocycles. The zero-order valence-corrected chi connectivity index (χ0v) is 16.4. The summed E-state index contributed by atoms with van der Waals surface area (Å²) < 4.78 is 14.7. The number of imidazole rings is 1. The van der Waals surface area contributed by atoms with Gasteiger partial charge in [0.2, 0.25) is 0 Å². The van der Waals surface area contributed by atoms with Gasteiger partial charge < -0.3 is 10.3 Å². The number of carbonyl (C=O) groups excluding carboxylic acids is 1. The predicted octanol–water partition coefficient (Wildman–Crippen LogP) is 5.74. The summed E-state index contributed by atoms with van der Waals surface area (Å²) in [4.78, 5) is 25.9. The highest BCUT2D eigenvalue weighted by atomic mass is 32.1. The van der Waals surface area contributed by atoms with Crippen LogP contribution in [-0.2, 0) is 0 Å². The zero-order valence-electron chi connectivity index (χ0n) is 15.6. The Morgan fingerprint density at radius 2 is 1.87 bits per heavy atom. The smallest absolute Gasteiger partial charge is 0.265 e. The number of anilines is 1. The summed E-state index contributed by atoms with van der Waals surface area (Å²) in [5, 5.41) is 2.64. The highest BCUT2D eigenvalue weighted by molar-refractivity contribution is 7.17. The lowest BCUT2D eigenvalue weighted by atomic mass is 10.2. The summed E-state index contributed by atoms with van der Waals surface area (Å²) in [6.45, 7) is 0. The number of nitrogens with one attached hydrogen (secondary N) is 2. The molecule has 0 radical (unpaired) electrons. The number of nitrogens with zero attached hydrogens (tertiary/aromatic N) is 2. The number of aromatic nitrogens is 3. The molecule has 3 aromatic heterocycles. The van der Waals surface area contributed by atoms with E-state index in [0.29, 0.717) is 16.3 Å². The lowest BCUT2D eigenvalue weighted by molar-refractivity contribution is 0.103. The first-order chi connectivity index (χ1) is 14.7. The van der Waals surface area contributed by atoms with Crippen LogP contribution in [0.1, 0.15) is 9.67 Å². The Labute approximate surface area is 175 Å². The summed E-state index contributed by atoms with van der Waals surface area (Å²) in [7, 11) is 0. The molecule has 0 unspecified atom stereocenters. The number of hydrogen-bond acceptors (Lipinski definition) is 4. The zero-order chi connectivity index (χ0) is 20.5. The average molecular weight is 414 g/mol. The van der Waals surface area contributed by atoms with E-state index in [0.717, 1.165) is 21.6 Å². The molecular weight excluding hydrogens is 399 g/mol. The second kappa shape index (κ2) is 7.53. The van der Waals surface area contributed by atoms with Crippen molar-refractivity contribution in [1.82, 2.24) is 15.0 Å². The van der Waals surface area contributed by atoms with Gasteiger partial charge in [-0.25, -0.2) is 9.37 Å². The third-order valence-corrected chi connectivity index (χ3v) is 5.73. The molecule has 1 amide bonds. The monoisotopic (exact) mass is 414 g/mol. The first-order valence-corrected chi connectivity index (χ1v) is 10.1. The van der Waals surface area contributed by atoms with Gasteiger partial charge in [0.1, 0.15) is 11.6 Å². The van der Waals surface area contributed by atoms with Crippen LogP contribution in [0.2, 0.25) is 0 Å². The second-order valence-corrected chi connectivity index (χ2v) is 7.71. The molecule has 2 aromatic carbocycles. The standard InChI is InChI=1S/C23H15FN4OS/c24-15-13-14(22-26-17-5-1-2-6-18(17)27-22)8-9-16(15)28-23(29)21-11-10-20(30-21)19-7-3-4-12-25-19/h1-13H,(H,26,27)(H,28,29). The number of halogens is 1. The summed E-state index contributed by atoms with van der Waals surface area (Å²) in [6, 6.07) is 21.4. The number of amides is 1. The number of H-pyrrole nitrogens is 1. The lowest BCUT2D eigenvalue weighted by Crippen LogP contribution is -2.11. The summed E-state index contributed by atoms with van der Waals surface area (Å²) in [5.41, 5.74) is 3.21. The lowest BCUT2D eigenvalue weighted by Gasteiger charge is -2.06. The maximum absolute atomic E-state index is 14.7. The minimum Gasteiger partial charge on any atom is -0.338 e. The molecule has 0 bridgehead atoms. The number of benzene rings is 2. The molecule has 5 aromatic rings. The van der Waals surface area contributed by atoms with Gasteiger partial charge in [0.25, 0.3) is 5.91 Å². The summed E-state index contributed by atoms with van der Waals surface area (Å²) in [5.74, 6) is -0.313. The van der Waals surface area contributed by atoms with Crippen LogP contribution in [0.15, 0.2) is 79.0 Å². The minimum atomic E-state index is -0.525. The van der Waals surface area contributed by atoms with Gasteiger partial charge in [0.15, 0.2) is 0 Å². The van der Waals surface area contributed by atoms with E-state index in [4.69, 9.17) is 0 Å². The van der Waals surface area contributed by atoms with E-state index >= 15 is 0 Å². The van der Waals surface area contributed by atoms with Crippen molar-refractivity contribution in [1.29, 1.82) is 0 Å². The van der Waals surface area contributed by atoms with Crippen LogP contribution < -0.4 is 5.32 Å². The van der Waals surface area contributed by atoms with Crippen LogP contribution in [0.25, 0.3) is 33.0 Å². The quantitative estimate of drug-likeness (QED) is 0.394. The molecule has 0 aliphatic rings. The Morgan fingerprint density at radius 3 is 2.67 bits per heavy atom. The first-order valence-electron chi connectivity index (χ1n) is 9.25. The SMILES string of the molecule is O=C(Nc1ccc(-c2nc3ccccc3[nH]2)cc1F)c1ccc(-c2ccccn2)s1. The van der Waals surface area contributed by atoms with Gasteiger partial charge in [-0.15, -0.1) is 11.3 Å². The van der Waals surface area contributed by atoms with Crippen LogP contribution >= 0.6 is 11.3 Å². The van der Waals surface area contributed by atoms with Gasteiger partial charge in [0.05, 0.1) is 32.2 Å². The molecule has 2 N–H and O–H groups in total. The number of fused-ring (bicyclic) bond motifs is 1. The largest absolute Gasteiger partial charge is 0.338 e. The van der Waals surface area contributed by atoms with Gasteiger partial charge in [-0.2, -0.15) is 0 Å². The van der Waals surface area contributed by atoms with Crippen molar-refractivity contribution in [3.63, 3.8) is 0 Å². The van der Waals surface area contributed by atoms with Crippen molar-refractivity contribution in [2.75, 3.05) is 5.32 Å². The minimum absolute atomic E-state index is 0.118. The molecular formula is C23H15FN4OS. The molecule has 0 saturated heterocycles. The van der Waals surface area contributed by atoms with Crippen LogP contribution in [0.4, 0.5) is 10.1 Å². The first kappa shape index (κ1) is 18.2. The van der Waals surface area contributed by atoms with Gasteiger partial charge in [-0.1, -0.05) is 18.2 Å². The van der Waals surface area contributed by atoms with Crippen molar-refractivity contribution in [3.8, 4) is 22.0 Å². The van der Waals surface area contributed by atoms with Crippen LogP contribution in [0, 0.1) is 5.82 Å². The van der Waals surface area contributed by atoms with Gasteiger partial charge in [0, 0.05) is 11.8 Å². The highest BCUT2D eigenvalue weighted by Crippen LogP contribution is 2.28. The summed E-state index contributed by atoms with van der Waals surface area (Å²) >= 11 is 1.31. The van der Waals surface area contributed by atoms with Gasteiger partial charge >= 0.3 is 0 Å². The fourth-order valence-corrected chi connectivity index (χ4v) is 4.02. The number of carbonyl (C=O) groups is 1. The number of rotatable bonds is 4. The third-order valence-electron chi connectivity index (χ3n) is 4.63. The number of thiophene rings is 1. The van der Waals surface area contributed by atoms with Crippen molar-refractivity contribution < 1.29 is 9.18 Å². The molecule has 5 nitrogen and oxygen atoms in total. The van der Waals surface area contributed by atoms with Crippen LogP contribution in [0.5, 0.6) is 0 Å². The molecule has 146 valence electrons. The van der Waals surface area contributed by atoms with E-state index in [2.05, 4.69) is 20.3 Å². The fraction of sp³-hybridized carbons (Fsp3) is 0. The van der Waals surface area contributed by atoms with Gasteiger partial charge in [-0.05, 0) is 54.6 Å². The maximum atomic E-state index is 14.7. The predicted molar refractivity (Wildman–Crippen MR) is 117 cm³/mol. The molecule has 0 atom stereocenters. The molecule has 0 spiro atoms. The Balaban J connectivity index is 1.36. The van der Waals surface area contributed by atoms with Crippen LogP contribution in [-0.4, -0.2) is 20.9 Å². The second-order valence-electron chi connectivity index (χ2n) is 6.63. The maximum Gasteiger partial charge on any atom is 0.265 e. The third kappa shape index (κ3) is 3.46. The van der Waals surface area contributed by atoms with E-state index in [9.17, 15) is 9.18 Å². The number of para-hydroxylation sites is 2. The number of hydrogen-bond donors (Lipinski definition) is 2. The number of aromatic amines is 1. The van der Waals surface area contributed by atoms with Crippen LogP contribution in [0.3, 0.4) is 0 Å². The molecule has 3 heterocycles. The Bertz CT molecular complexity index is 1330. The molecule has 7 heteroatoms. The Morgan fingerprint density at radius 1 is 1.00 bits per heavy atom. The average Bonchev–Trinajstić information content (AvgIpc) is 3.43. The highest BCUT2D eigenvalue weighted by Gasteiger charge is 2.14. The van der Waals surface area contributed by atoms with Crippen molar-refractivity contribution >= 4 is 34.0 Å². The Kier molecular flexibility index (Phi) is 4.57. The molecule has 30 heavy (non-hydrogen) atoms. The molecule has 0 aliphatic carbocycles. The Hall–Kier alpha value is -3.84. The van der Waals surface area contributed by atoms with E-state index in [1.807, 2.05) is 48.5 Å². The van der Waals surface area contributed by atoms with Crippen molar-refractivity contribution in [2.45, 2.75) is 0 Å². The fourth-order valence-electron chi connectivity index (χ4n) is 3.14. The molecule has 5 rings (SSSR count). The number of pyridine rings is 1. The van der Waals surface area contributed by atoms with E-state index < -0.39 is 5.82 Å². The normalized spacial score (nSPS) is 11.0. The summed E-state index contributed by atoms with van der Waals surface area (Å²) in [6.07, 6.45) is 1.70. The van der Waals surface area contributed by atoms with Crippen molar-refractivity contribution in [2.24, 2.45) is 0 Å². The van der Waals surface area contributed by atoms with E-state index in [1.165, 1.54) is 17.4 Å². The molecule has 0 saturated carbocycles. The van der Waals surface area contributed by atoms with E-state index in [1.54, 1.807) is 24.4 Å². The van der Waals surface area contributed by atoms with Gasteiger partial charge in [-0.3, -0.25) is 9.78 Å².